The van der Waals surface area contributed by atoms with E-state index in [1.54, 1.807) is 0 Å². The topological polar surface area (TPSA) is 97.0 Å². The molecular weight excluding hydrogens is 328 g/mol. The first-order valence-corrected chi connectivity index (χ1v) is 8.10. The Balaban J connectivity index is 1.80. The predicted molar refractivity (Wildman–Crippen MR) is 91.5 cm³/mol. The minimum absolute atomic E-state index is 0.112. The van der Waals surface area contributed by atoms with Crippen LogP contribution in [0.3, 0.4) is 0 Å². The third kappa shape index (κ3) is 3.49. The maximum atomic E-state index is 12.1. The van der Waals surface area contributed by atoms with Crippen molar-refractivity contribution in [3.8, 4) is 17.0 Å². The van der Waals surface area contributed by atoms with E-state index >= 15 is 0 Å². The van der Waals surface area contributed by atoms with Gasteiger partial charge in [-0.15, -0.1) is 11.3 Å². The molecule has 0 saturated carbocycles. The van der Waals surface area contributed by atoms with Crippen molar-refractivity contribution in [2.24, 2.45) is 0 Å². The Morgan fingerprint density at radius 2 is 2.12 bits per heavy atom. The summed E-state index contributed by atoms with van der Waals surface area (Å²) < 4.78 is 5.60. The summed E-state index contributed by atoms with van der Waals surface area (Å²) >= 11 is 1.30. The summed E-state index contributed by atoms with van der Waals surface area (Å²) in [7, 11) is 0. The van der Waals surface area contributed by atoms with E-state index in [1.165, 1.54) is 23.5 Å². The summed E-state index contributed by atoms with van der Waals surface area (Å²) in [6.45, 7) is 2.48. The molecule has 0 unspecified atom stereocenters. The van der Waals surface area contributed by atoms with Gasteiger partial charge in [0.25, 0.3) is 11.5 Å². The average Bonchev–Trinajstić information content (AvgIpc) is 3.04. The van der Waals surface area contributed by atoms with Crippen LogP contribution in [0.4, 0.5) is 5.13 Å². The number of hydrogen-bond acceptors (Lipinski definition) is 6. The molecule has 3 aromatic rings. The summed E-state index contributed by atoms with van der Waals surface area (Å²) in [4.78, 5) is 27.5. The van der Waals surface area contributed by atoms with E-state index in [-0.39, 0.29) is 11.3 Å². The maximum Gasteiger partial charge on any atom is 0.277 e. The molecule has 122 valence electrons. The number of aromatic nitrogens is 3. The number of anilines is 1. The van der Waals surface area contributed by atoms with Gasteiger partial charge in [-0.2, -0.15) is 5.10 Å². The fourth-order valence-electron chi connectivity index (χ4n) is 2.05. The van der Waals surface area contributed by atoms with Crippen LogP contribution < -0.4 is 15.6 Å². The lowest BCUT2D eigenvalue weighted by Crippen LogP contribution is -2.17. The molecule has 0 aliphatic rings. The molecular formula is C16H14N4O3S. The zero-order chi connectivity index (χ0) is 16.9. The van der Waals surface area contributed by atoms with E-state index in [4.69, 9.17) is 4.74 Å². The Morgan fingerprint density at radius 3 is 2.88 bits per heavy atom. The lowest BCUT2D eigenvalue weighted by Gasteiger charge is -2.07. The quantitative estimate of drug-likeness (QED) is 0.743. The summed E-state index contributed by atoms with van der Waals surface area (Å²) in [5.74, 6) is 0.302. The Labute approximate surface area is 141 Å². The lowest BCUT2D eigenvalue weighted by molar-refractivity contribution is 0.102. The van der Waals surface area contributed by atoms with Gasteiger partial charge in [0.15, 0.2) is 5.13 Å². The zero-order valence-electron chi connectivity index (χ0n) is 12.8. The van der Waals surface area contributed by atoms with Crippen molar-refractivity contribution in [3.05, 3.63) is 57.8 Å². The number of thiazole rings is 1. The second-order valence-corrected chi connectivity index (χ2v) is 5.59. The highest BCUT2D eigenvalue weighted by Gasteiger charge is 2.13. The number of nitrogens with one attached hydrogen (secondary N) is 2. The molecule has 0 atom stereocenters. The van der Waals surface area contributed by atoms with E-state index in [1.807, 2.05) is 36.6 Å². The van der Waals surface area contributed by atoms with E-state index < -0.39 is 5.91 Å². The second-order valence-electron chi connectivity index (χ2n) is 4.73. The minimum atomic E-state index is -0.440. The summed E-state index contributed by atoms with van der Waals surface area (Å²) in [5, 5.41) is 10.8. The molecule has 8 heteroatoms. The smallest absolute Gasteiger partial charge is 0.277 e. The zero-order valence-corrected chi connectivity index (χ0v) is 13.6. The number of ether oxygens (including phenoxy) is 1. The van der Waals surface area contributed by atoms with Gasteiger partial charge in [-0.25, -0.2) is 10.1 Å². The van der Waals surface area contributed by atoms with Crippen LogP contribution >= 0.6 is 11.3 Å². The summed E-state index contributed by atoms with van der Waals surface area (Å²) in [6.07, 6.45) is 0. The van der Waals surface area contributed by atoms with Crippen molar-refractivity contribution < 1.29 is 9.53 Å². The number of hydrogen-bond donors (Lipinski definition) is 2. The molecule has 24 heavy (non-hydrogen) atoms. The van der Waals surface area contributed by atoms with Crippen molar-refractivity contribution in [2.45, 2.75) is 6.92 Å². The molecule has 2 aromatic heterocycles. The number of nitrogens with zero attached hydrogens (tertiary/aromatic N) is 2. The van der Waals surface area contributed by atoms with Gasteiger partial charge in [0.1, 0.15) is 11.4 Å². The van der Waals surface area contributed by atoms with Gasteiger partial charge in [-0.3, -0.25) is 14.9 Å². The molecule has 0 spiro atoms. The SMILES string of the molecule is CCOc1ccccc1-c1csc(NC(=O)c2ccc(=O)[nH]n2)n1. The molecule has 0 radical (unpaired) electrons. The van der Waals surface area contributed by atoms with Crippen LogP contribution in [0.25, 0.3) is 11.3 Å². The highest BCUT2D eigenvalue weighted by atomic mass is 32.1. The Morgan fingerprint density at radius 1 is 1.29 bits per heavy atom. The molecule has 1 amide bonds. The molecule has 0 aliphatic carbocycles. The molecule has 3 rings (SSSR count). The number of aromatic amines is 1. The number of para-hydroxylation sites is 1. The lowest BCUT2D eigenvalue weighted by atomic mass is 10.1. The fourth-order valence-corrected chi connectivity index (χ4v) is 2.75. The third-order valence-electron chi connectivity index (χ3n) is 3.10. The second kappa shape index (κ2) is 7.05. The monoisotopic (exact) mass is 342 g/mol. The number of amides is 1. The number of carbonyl (C=O) groups excluding carboxylic acids is 1. The number of benzene rings is 1. The van der Waals surface area contributed by atoms with Crippen molar-refractivity contribution in [2.75, 3.05) is 11.9 Å². The van der Waals surface area contributed by atoms with Crippen LogP contribution in [0, 0.1) is 0 Å². The fraction of sp³-hybridized carbons (Fsp3) is 0.125. The predicted octanol–water partition coefficient (Wildman–Crippen LogP) is 2.54. The van der Waals surface area contributed by atoms with Crippen molar-refractivity contribution in [1.82, 2.24) is 15.2 Å². The van der Waals surface area contributed by atoms with Crippen LogP contribution in [0.1, 0.15) is 17.4 Å². The summed E-state index contributed by atoms with van der Waals surface area (Å²) in [6, 6.07) is 10.2. The van der Waals surface area contributed by atoms with Gasteiger partial charge in [0, 0.05) is 17.0 Å². The minimum Gasteiger partial charge on any atom is -0.493 e. The van der Waals surface area contributed by atoms with Crippen LogP contribution in [0.2, 0.25) is 0 Å². The van der Waals surface area contributed by atoms with E-state index in [0.717, 1.165) is 11.3 Å². The first kappa shape index (κ1) is 15.9. The first-order valence-electron chi connectivity index (χ1n) is 7.22. The van der Waals surface area contributed by atoms with E-state index in [0.29, 0.717) is 17.4 Å². The number of rotatable bonds is 5. The molecule has 0 saturated heterocycles. The molecule has 0 bridgehead atoms. The first-order chi connectivity index (χ1) is 11.7. The van der Waals surface area contributed by atoms with Crippen LogP contribution in [0.15, 0.2) is 46.6 Å². The van der Waals surface area contributed by atoms with Crippen molar-refractivity contribution in [3.63, 3.8) is 0 Å². The molecule has 0 fully saturated rings. The number of carbonyl (C=O) groups is 1. The number of H-pyrrole nitrogens is 1. The molecule has 2 N–H and O–H groups in total. The molecule has 0 aliphatic heterocycles. The van der Waals surface area contributed by atoms with Gasteiger partial charge >= 0.3 is 0 Å². The third-order valence-corrected chi connectivity index (χ3v) is 3.86. The van der Waals surface area contributed by atoms with Crippen LogP contribution in [-0.4, -0.2) is 27.7 Å². The van der Waals surface area contributed by atoms with Gasteiger partial charge < -0.3 is 4.74 Å². The largest absolute Gasteiger partial charge is 0.493 e. The van der Waals surface area contributed by atoms with Gasteiger partial charge in [0.05, 0.1) is 12.3 Å². The van der Waals surface area contributed by atoms with Gasteiger partial charge in [-0.1, -0.05) is 12.1 Å². The highest BCUT2D eigenvalue weighted by molar-refractivity contribution is 7.14. The Bertz CT molecular complexity index is 899. The van der Waals surface area contributed by atoms with Gasteiger partial charge in [-0.05, 0) is 25.1 Å². The van der Waals surface area contributed by atoms with Gasteiger partial charge in [0.2, 0.25) is 0 Å². The molecule has 1 aromatic carbocycles. The Kier molecular flexibility index (Phi) is 4.66. The highest BCUT2D eigenvalue weighted by Crippen LogP contribution is 2.32. The maximum absolute atomic E-state index is 12.1. The summed E-state index contributed by atoms with van der Waals surface area (Å²) in [5.41, 5.74) is 1.32. The van der Waals surface area contributed by atoms with Crippen LogP contribution in [-0.2, 0) is 0 Å². The molecule has 7 nitrogen and oxygen atoms in total. The van der Waals surface area contributed by atoms with E-state index in [2.05, 4.69) is 20.5 Å². The average molecular weight is 342 g/mol. The van der Waals surface area contributed by atoms with Crippen molar-refractivity contribution >= 4 is 22.4 Å². The standard InChI is InChI=1S/C16H14N4O3S/c1-2-23-13-6-4-3-5-10(13)12-9-24-16(17-12)18-15(22)11-7-8-14(21)20-19-11/h3-9H,2H2,1H3,(H,20,21)(H,17,18,22). The van der Waals surface area contributed by atoms with Crippen LogP contribution in [0.5, 0.6) is 5.75 Å². The Hall–Kier alpha value is -3.00. The van der Waals surface area contributed by atoms with Crippen molar-refractivity contribution in [1.29, 1.82) is 0 Å². The normalized spacial score (nSPS) is 10.4. The molecule has 2 heterocycles. The van der Waals surface area contributed by atoms with E-state index in [9.17, 15) is 9.59 Å².